The van der Waals surface area contributed by atoms with Crippen LogP contribution in [0.15, 0.2) is 119 Å². The van der Waals surface area contributed by atoms with Crippen LogP contribution in [0.4, 0.5) is 5.69 Å². The van der Waals surface area contributed by atoms with Crippen molar-refractivity contribution in [1.82, 2.24) is 0 Å². The summed E-state index contributed by atoms with van der Waals surface area (Å²) < 4.78 is 3.61. The minimum Gasteiger partial charge on any atom is -0.338 e. The first kappa shape index (κ1) is 21.9. The highest BCUT2D eigenvalue weighted by atomic mass is 32.2. The van der Waals surface area contributed by atoms with Crippen molar-refractivity contribution in [3.8, 4) is 0 Å². The number of rotatable bonds is 4. The van der Waals surface area contributed by atoms with Crippen molar-refractivity contribution >= 4 is 66.6 Å². The summed E-state index contributed by atoms with van der Waals surface area (Å²) in [5.74, 6) is 0. The molecule has 170 valence electrons. The average Bonchev–Trinajstić information content (AvgIpc) is 3.40. The third-order valence-corrected chi connectivity index (χ3v) is 8.94. The van der Waals surface area contributed by atoms with Gasteiger partial charge in [0.15, 0.2) is 0 Å². The van der Waals surface area contributed by atoms with Gasteiger partial charge in [-0.2, -0.15) is 4.57 Å². The summed E-state index contributed by atoms with van der Waals surface area (Å²) in [6.45, 7) is 0. The summed E-state index contributed by atoms with van der Waals surface area (Å²) in [4.78, 5) is 3.61. The number of hydrogen-bond acceptors (Lipinski definition) is 3. The Hall–Kier alpha value is -3.60. The maximum Gasteiger partial charge on any atom is 0.262 e. The number of thiazole rings is 1. The van der Waals surface area contributed by atoms with Gasteiger partial charge in [0, 0.05) is 29.5 Å². The lowest BCUT2D eigenvalue weighted by Gasteiger charge is -2.13. The molecule has 1 aliphatic rings. The van der Waals surface area contributed by atoms with Gasteiger partial charge >= 0.3 is 0 Å². The van der Waals surface area contributed by atoms with E-state index in [1.54, 1.807) is 0 Å². The van der Waals surface area contributed by atoms with E-state index >= 15 is 0 Å². The number of benzene rings is 4. The Morgan fingerprint density at radius 2 is 1.43 bits per heavy atom. The summed E-state index contributed by atoms with van der Waals surface area (Å²) in [5.41, 5.74) is 2.55. The smallest absolute Gasteiger partial charge is 0.262 e. The predicted octanol–water partition coefficient (Wildman–Crippen LogP) is 8.24. The molecule has 0 aliphatic carbocycles. The number of fused-ring (bicyclic) bond motifs is 6. The van der Waals surface area contributed by atoms with Crippen LogP contribution in [0.25, 0.3) is 37.8 Å². The number of allylic oxidation sites excluding steroid dienone is 6. The van der Waals surface area contributed by atoms with Crippen LogP contribution in [0, 0.1) is 0 Å². The van der Waals surface area contributed by atoms with E-state index in [-0.39, 0.29) is 0 Å². The van der Waals surface area contributed by atoms with E-state index in [4.69, 9.17) is 0 Å². The van der Waals surface area contributed by atoms with E-state index in [0.29, 0.717) is 0 Å². The van der Waals surface area contributed by atoms with E-state index in [0.717, 1.165) is 0 Å². The van der Waals surface area contributed by atoms with Crippen LogP contribution >= 0.6 is 23.1 Å². The third kappa shape index (κ3) is 3.99. The lowest BCUT2D eigenvalue weighted by atomic mass is 10.1. The summed E-state index contributed by atoms with van der Waals surface area (Å²) in [5, 5.41) is 7.70. The molecule has 1 aliphatic heterocycles. The Balaban J connectivity index is 1.16. The van der Waals surface area contributed by atoms with Crippen molar-refractivity contribution in [2.45, 2.75) is 4.90 Å². The molecule has 0 atom stereocenters. The number of nitrogens with zero attached hydrogens (tertiary/aromatic N) is 2. The fraction of sp³-hybridized carbons (Fsp3) is 0.0645. The fourth-order valence-corrected chi connectivity index (χ4v) is 6.94. The molecule has 1 aromatic heterocycles. The summed E-state index contributed by atoms with van der Waals surface area (Å²) >= 11 is 3.68. The molecule has 0 amide bonds. The molecule has 4 aromatic carbocycles. The third-order valence-electron chi connectivity index (χ3n) is 6.44. The molecular formula is C31H25N2S2+. The maximum absolute atomic E-state index is 2.27. The summed E-state index contributed by atoms with van der Waals surface area (Å²) in [7, 11) is 4.28. The largest absolute Gasteiger partial charge is 0.338 e. The number of thioether (sulfide) groups is 1. The molecule has 0 saturated heterocycles. The summed E-state index contributed by atoms with van der Waals surface area (Å²) in [6.07, 6.45) is 14.9. The van der Waals surface area contributed by atoms with Crippen LogP contribution in [0.2, 0.25) is 0 Å². The lowest BCUT2D eigenvalue weighted by Crippen LogP contribution is -2.28. The molecule has 0 spiro atoms. The predicted molar refractivity (Wildman–Crippen MR) is 154 cm³/mol. The van der Waals surface area contributed by atoms with Crippen molar-refractivity contribution in [1.29, 1.82) is 0 Å². The molecule has 2 nitrogen and oxygen atoms in total. The van der Waals surface area contributed by atoms with Crippen molar-refractivity contribution in [2.75, 3.05) is 11.9 Å². The Morgan fingerprint density at radius 1 is 0.743 bits per heavy atom. The van der Waals surface area contributed by atoms with Crippen LogP contribution in [-0.4, -0.2) is 7.05 Å². The highest BCUT2D eigenvalue weighted by molar-refractivity contribution is 8.04. The second kappa shape index (κ2) is 9.21. The standard InChI is InChI=1S/C31H25N2S2/c1-32-26-20-18-22-12-8-10-14-24(22)30(26)34-28(32)16-6-4-3-5-7-17-29-33(2)27-21-19-23-13-9-11-15-25(23)31(27)35-29/h3-21H,1-2H3/q+1. The molecule has 4 heteroatoms. The summed E-state index contributed by atoms with van der Waals surface area (Å²) in [6, 6.07) is 26.1. The first-order chi connectivity index (χ1) is 17.2. The average molecular weight is 490 g/mol. The SMILES string of the molecule is CN1/C(=C/C=C/C=C/C=C/c2sc3c4ccccc4ccc3[n+]2C)Sc2c1ccc1ccccc21. The lowest BCUT2D eigenvalue weighted by molar-refractivity contribution is -0.642. The van der Waals surface area contributed by atoms with Crippen molar-refractivity contribution in [3.63, 3.8) is 0 Å². The highest BCUT2D eigenvalue weighted by Gasteiger charge is 2.23. The molecule has 0 saturated carbocycles. The molecule has 5 aromatic rings. The maximum atomic E-state index is 2.27. The molecule has 0 unspecified atom stereocenters. The van der Waals surface area contributed by atoms with E-state index in [9.17, 15) is 0 Å². The van der Waals surface area contributed by atoms with Gasteiger partial charge in [-0.1, -0.05) is 108 Å². The highest BCUT2D eigenvalue weighted by Crippen LogP contribution is 2.48. The Morgan fingerprint density at radius 3 is 2.29 bits per heavy atom. The minimum absolute atomic E-state index is 1.24. The van der Waals surface area contributed by atoms with Gasteiger partial charge in [-0.05, 0) is 34.4 Å². The molecule has 0 bridgehead atoms. The molecule has 0 fully saturated rings. The van der Waals surface area contributed by atoms with Gasteiger partial charge in [-0.3, -0.25) is 0 Å². The van der Waals surface area contributed by atoms with Gasteiger partial charge in [-0.15, -0.1) is 0 Å². The quantitative estimate of drug-likeness (QED) is 0.185. The monoisotopic (exact) mass is 489 g/mol. The van der Waals surface area contributed by atoms with E-state index < -0.39 is 0 Å². The van der Waals surface area contributed by atoms with E-state index in [1.165, 1.54) is 52.4 Å². The zero-order valence-corrected chi connectivity index (χ0v) is 21.3. The van der Waals surface area contributed by atoms with Gasteiger partial charge in [0.2, 0.25) is 5.52 Å². The van der Waals surface area contributed by atoms with Gasteiger partial charge < -0.3 is 4.90 Å². The number of anilines is 1. The second-order valence-corrected chi connectivity index (χ2v) is 10.6. The van der Waals surface area contributed by atoms with Crippen molar-refractivity contribution in [3.05, 3.63) is 119 Å². The van der Waals surface area contributed by atoms with E-state index in [1.807, 2.05) is 23.1 Å². The van der Waals surface area contributed by atoms with Gasteiger partial charge in [0.05, 0.1) is 10.7 Å². The first-order valence-corrected chi connectivity index (χ1v) is 13.3. The van der Waals surface area contributed by atoms with Crippen LogP contribution < -0.4 is 9.47 Å². The molecule has 2 heterocycles. The normalized spacial score (nSPS) is 15.3. The zero-order chi connectivity index (χ0) is 23.8. The molecule has 6 rings (SSSR count). The van der Waals surface area contributed by atoms with Crippen molar-refractivity contribution < 1.29 is 4.57 Å². The minimum atomic E-state index is 1.24. The topological polar surface area (TPSA) is 7.12 Å². The van der Waals surface area contributed by atoms with Crippen LogP contribution in [0.3, 0.4) is 0 Å². The molecular weight excluding hydrogens is 464 g/mol. The van der Waals surface area contributed by atoms with Crippen LogP contribution in [-0.2, 0) is 7.05 Å². The zero-order valence-electron chi connectivity index (χ0n) is 19.7. The molecule has 35 heavy (non-hydrogen) atoms. The Kier molecular flexibility index (Phi) is 5.77. The number of aryl methyl sites for hydroxylation is 1. The Labute approximate surface area is 213 Å². The van der Waals surface area contributed by atoms with E-state index in [2.05, 4.69) is 139 Å². The van der Waals surface area contributed by atoms with Gasteiger partial charge in [0.1, 0.15) is 11.7 Å². The number of hydrogen-bond donors (Lipinski definition) is 0. The Bertz CT molecular complexity index is 1700. The molecule has 0 N–H and O–H groups in total. The van der Waals surface area contributed by atoms with Crippen LogP contribution in [0.1, 0.15) is 5.01 Å². The first-order valence-electron chi connectivity index (χ1n) is 11.7. The van der Waals surface area contributed by atoms with Gasteiger partial charge in [-0.25, -0.2) is 0 Å². The van der Waals surface area contributed by atoms with Crippen molar-refractivity contribution in [2.24, 2.45) is 7.05 Å². The fourth-order valence-electron chi connectivity index (χ4n) is 4.55. The number of aromatic nitrogens is 1. The van der Waals surface area contributed by atoms with Crippen LogP contribution in [0.5, 0.6) is 0 Å². The second-order valence-electron chi connectivity index (χ2n) is 8.56. The van der Waals surface area contributed by atoms with Gasteiger partial charge in [0.25, 0.3) is 5.01 Å². The molecule has 0 radical (unpaired) electrons.